The number of anilines is 1. The van der Waals surface area contributed by atoms with E-state index in [-0.39, 0.29) is 11.9 Å². The lowest BCUT2D eigenvalue weighted by molar-refractivity contribution is 0.0579. The Kier molecular flexibility index (Phi) is 6.88. The predicted molar refractivity (Wildman–Crippen MR) is 92.5 cm³/mol. The van der Waals surface area contributed by atoms with Crippen molar-refractivity contribution in [2.45, 2.75) is 59.7 Å². The van der Waals surface area contributed by atoms with Crippen LogP contribution in [0.5, 0.6) is 0 Å². The normalized spacial score (nSPS) is 12.6. The molecule has 1 rings (SSSR count). The lowest BCUT2D eigenvalue weighted by Crippen LogP contribution is -2.41. The number of hydrogen-bond donors (Lipinski definition) is 1. The summed E-state index contributed by atoms with van der Waals surface area (Å²) in [5, 5.41) is 9.58. The van der Waals surface area contributed by atoms with Crippen molar-refractivity contribution in [2.24, 2.45) is 0 Å². The van der Waals surface area contributed by atoms with Crippen LogP contribution in [0.3, 0.4) is 0 Å². The van der Waals surface area contributed by atoms with Crippen LogP contribution in [0, 0.1) is 0 Å². The van der Waals surface area contributed by atoms with Crippen LogP contribution >= 0.6 is 0 Å². The second-order valence-corrected chi connectivity index (χ2v) is 6.33. The summed E-state index contributed by atoms with van der Waals surface area (Å²) in [5.41, 5.74) is 1.79. The first-order valence-corrected chi connectivity index (χ1v) is 8.13. The molecule has 4 nitrogen and oxygen atoms in total. The molecule has 0 spiro atoms. The van der Waals surface area contributed by atoms with Crippen LogP contribution < -0.4 is 4.90 Å². The third-order valence-corrected chi connectivity index (χ3v) is 3.76. The molecular weight excluding hydrogens is 276 g/mol. The molecule has 0 aliphatic carbocycles. The number of nitrogens with zero attached hydrogens (tertiary/aromatic N) is 2. The van der Waals surface area contributed by atoms with Gasteiger partial charge in [0.15, 0.2) is 0 Å². The minimum atomic E-state index is -0.526. The van der Waals surface area contributed by atoms with Crippen LogP contribution in [0.2, 0.25) is 0 Å². The Morgan fingerprint density at radius 2 is 1.59 bits per heavy atom. The summed E-state index contributed by atoms with van der Waals surface area (Å²) in [6.07, 6.45) is -0.526. The molecule has 124 valence electrons. The molecule has 0 saturated heterocycles. The summed E-state index contributed by atoms with van der Waals surface area (Å²) in [6, 6.07) is 8.23. The average molecular weight is 306 g/mol. The van der Waals surface area contributed by atoms with Crippen molar-refractivity contribution >= 4 is 11.6 Å². The van der Waals surface area contributed by atoms with Crippen LogP contribution in [-0.4, -0.2) is 47.2 Å². The van der Waals surface area contributed by atoms with Crippen LogP contribution in [0.4, 0.5) is 5.69 Å². The van der Waals surface area contributed by atoms with Gasteiger partial charge in [0.1, 0.15) is 0 Å². The van der Waals surface area contributed by atoms with Crippen molar-refractivity contribution < 1.29 is 9.90 Å². The summed E-state index contributed by atoms with van der Waals surface area (Å²) in [4.78, 5) is 16.6. The lowest BCUT2D eigenvalue weighted by Gasteiger charge is -2.29. The summed E-state index contributed by atoms with van der Waals surface area (Å²) in [6.45, 7) is 13.4. The fourth-order valence-electron chi connectivity index (χ4n) is 2.62. The minimum Gasteiger partial charge on any atom is -0.392 e. The van der Waals surface area contributed by atoms with E-state index in [1.54, 1.807) is 11.8 Å². The monoisotopic (exact) mass is 306 g/mol. The van der Waals surface area contributed by atoms with E-state index in [0.717, 1.165) is 12.2 Å². The molecule has 0 saturated carbocycles. The Morgan fingerprint density at radius 1 is 1.05 bits per heavy atom. The maximum Gasteiger partial charge on any atom is 0.254 e. The first-order valence-electron chi connectivity index (χ1n) is 8.13. The molecule has 4 heteroatoms. The summed E-state index contributed by atoms with van der Waals surface area (Å²) >= 11 is 0. The quantitative estimate of drug-likeness (QED) is 0.841. The van der Waals surface area contributed by atoms with Gasteiger partial charge in [-0.1, -0.05) is 0 Å². The molecule has 0 aromatic heterocycles. The number of carbonyl (C=O) groups is 1. The molecule has 1 aromatic carbocycles. The zero-order valence-corrected chi connectivity index (χ0v) is 14.7. The predicted octanol–water partition coefficient (Wildman–Crippen LogP) is 3.15. The van der Waals surface area contributed by atoms with Gasteiger partial charge in [0, 0.05) is 36.4 Å². The second-order valence-electron chi connectivity index (χ2n) is 6.33. The van der Waals surface area contributed by atoms with E-state index >= 15 is 0 Å². The Balaban J connectivity index is 2.95. The molecule has 0 fully saturated rings. The first kappa shape index (κ1) is 18.5. The molecule has 1 atom stereocenters. The Labute approximate surface area is 134 Å². The number of aliphatic hydroxyl groups is 1. The van der Waals surface area contributed by atoms with E-state index < -0.39 is 6.10 Å². The van der Waals surface area contributed by atoms with Gasteiger partial charge in [-0.25, -0.2) is 0 Å². The topological polar surface area (TPSA) is 43.8 Å². The number of amides is 1. The van der Waals surface area contributed by atoms with E-state index in [9.17, 15) is 9.90 Å². The molecular formula is C18H30N2O2. The van der Waals surface area contributed by atoms with Crippen molar-refractivity contribution in [3.63, 3.8) is 0 Å². The molecule has 1 amide bonds. The van der Waals surface area contributed by atoms with E-state index in [1.807, 2.05) is 38.1 Å². The molecule has 1 N–H and O–H groups in total. The summed E-state index contributed by atoms with van der Waals surface area (Å²) in [5.74, 6) is -0.0324. The van der Waals surface area contributed by atoms with Crippen LogP contribution in [0.15, 0.2) is 24.3 Å². The van der Waals surface area contributed by atoms with Gasteiger partial charge in [0.05, 0.1) is 6.10 Å². The van der Waals surface area contributed by atoms with Gasteiger partial charge in [-0.3, -0.25) is 4.79 Å². The third-order valence-electron chi connectivity index (χ3n) is 3.76. The fourth-order valence-corrected chi connectivity index (χ4v) is 2.62. The van der Waals surface area contributed by atoms with Crippen molar-refractivity contribution in [3.05, 3.63) is 29.8 Å². The summed E-state index contributed by atoms with van der Waals surface area (Å²) < 4.78 is 0. The second kappa shape index (κ2) is 8.18. The molecule has 1 unspecified atom stereocenters. The van der Waals surface area contributed by atoms with Crippen LogP contribution in [0.1, 0.15) is 51.9 Å². The van der Waals surface area contributed by atoms with Crippen LogP contribution in [0.25, 0.3) is 0 Å². The van der Waals surface area contributed by atoms with Crippen molar-refractivity contribution in [1.29, 1.82) is 0 Å². The number of carbonyl (C=O) groups excluding carboxylic acids is 1. The zero-order chi connectivity index (χ0) is 16.9. The Hall–Kier alpha value is -1.55. The number of hydrogen-bond acceptors (Lipinski definition) is 3. The minimum absolute atomic E-state index is 0.0324. The highest BCUT2D eigenvalue weighted by Crippen LogP contribution is 2.19. The Morgan fingerprint density at radius 3 is 1.95 bits per heavy atom. The number of aliphatic hydroxyl groups excluding tert-OH is 1. The van der Waals surface area contributed by atoms with E-state index in [0.29, 0.717) is 18.2 Å². The van der Waals surface area contributed by atoms with E-state index in [2.05, 4.69) is 25.7 Å². The maximum absolute atomic E-state index is 12.6. The van der Waals surface area contributed by atoms with Crippen molar-refractivity contribution in [3.8, 4) is 0 Å². The first-order chi connectivity index (χ1) is 10.3. The standard InChI is InChI=1S/C18H30N2O2/c1-7-19(13(2)3)17-10-8-16(9-11-17)18(22)20(14(4)5)12-15(6)21/h8-11,13-15,21H,7,12H2,1-6H3. The molecule has 0 aliphatic heterocycles. The Bertz CT molecular complexity index is 466. The van der Waals surface area contributed by atoms with Crippen molar-refractivity contribution in [2.75, 3.05) is 18.0 Å². The van der Waals surface area contributed by atoms with Gasteiger partial charge in [-0.15, -0.1) is 0 Å². The van der Waals surface area contributed by atoms with Gasteiger partial charge >= 0.3 is 0 Å². The van der Waals surface area contributed by atoms with Gasteiger partial charge in [-0.05, 0) is 65.8 Å². The molecule has 0 bridgehead atoms. The highest BCUT2D eigenvalue weighted by atomic mass is 16.3. The van der Waals surface area contributed by atoms with Gasteiger partial charge < -0.3 is 14.9 Å². The third kappa shape index (κ3) is 4.73. The molecule has 0 heterocycles. The lowest BCUT2D eigenvalue weighted by atomic mass is 10.1. The highest BCUT2D eigenvalue weighted by molar-refractivity contribution is 5.94. The maximum atomic E-state index is 12.6. The van der Waals surface area contributed by atoms with E-state index in [1.165, 1.54) is 0 Å². The molecule has 1 aromatic rings. The molecule has 22 heavy (non-hydrogen) atoms. The average Bonchev–Trinajstić information content (AvgIpc) is 2.44. The zero-order valence-electron chi connectivity index (χ0n) is 14.7. The number of benzene rings is 1. The molecule has 0 aliphatic rings. The van der Waals surface area contributed by atoms with Crippen LogP contribution in [-0.2, 0) is 0 Å². The van der Waals surface area contributed by atoms with Crippen molar-refractivity contribution in [1.82, 2.24) is 4.90 Å². The largest absolute Gasteiger partial charge is 0.392 e. The smallest absolute Gasteiger partial charge is 0.254 e. The number of rotatable bonds is 7. The van der Waals surface area contributed by atoms with Gasteiger partial charge in [0.2, 0.25) is 0 Å². The highest BCUT2D eigenvalue weighted by Gasteiger charge is 2.20. The fraction of sp³-hybridized carbons (Fsp3) is 0.611. The van der Waals surface area contributed by atoms with Gasteiger partial charge in [-0.2, -0.15) is 0 Å². The SMILES string of the molecule is CCN(c1ccc(C(=O)N(CC(C)O)C(C)C)cc1)C(C)C. The van der Waals surface area contributed by atoms with E-state index in [4.69, 9.17) is 0 Å². The molecule has 0 radical (unpaired) electrons. The van der Waals surface area contributed by atoms with Gasteiger partial charge in [0.25, 0.3) is 5.91 Å². The summed E-state index contributed by atoms with van der Waals surface area (Å²) in [7, 11) is 0.